The molecule has 6 nitrogen and oxygen atoms in total. The molecule has 2 aromatic rings. The predicted molar refractivity (Wildman–Crippen MR) is 97.8 cm³/mol. The van der Waals surface area contributed by atoms with E-state index in [-0.39, 0.29) is 11.8 Å². The zero-order valence-electron chi connectivity index (χ0n) is 14.1. The van der Waals surface area contributed by atoms with Gasteiger partial charge in [-0.1, -0.05) is 12.1 Å². The van der Waals surface area contributed by atoms with Gasteiger partial charge < -0.3 is 9.47 Å². The van der Waals surface area contributed by atoms with Gasteiger partial charge in [-0.2, -0.15) is 0 Å². The predicted octanol–water partition coefficient (Wildman–Crippen LogP) is 0.969. The van der Waals surface area contributed by atoms with Crippen molar-refractivity contribution in [2.45, 2.75) is 18.9 Å². The summed E-state index contributed by atoms with van der Waals surface area (Å²) in [7, 11) is 2.03. The molecule has 2 heterocycles. The van der Waals surface area contributed by atoms with E-state index in [4.69, 9.17) is 0 Å². The van der Waals surface area contributed by atoms with Crippen molar-refractivity contribution in [3.63, 3.8) is 0 Å². The Kier molecular flexibility index (Phi) is 5.55. The molecule has 7 heteroatoms. The van der Waals surface area contributed by atoms with Crippen LogP contribution >= 0.6 is 15.9 Å². The molecular weight excluding hydrogens is 384 g/mol. The van der Waals surface area contributed by atoms with E-state index < -0.39 is 0 Å². The Morgan fingerprint density at radius 3 is 2.76 bits per heavy atom. The number of aryl methyl sites for hydroxylation is 1. The second-order valence-corrected chi connectivity index (χ2v) is 7.16. The van der Waals surface area contributed by atoms with Gasteiger partial charge in [0.15, 0.2) is 6.54 Å². The van der Waals surface area contributed by atoms with Gasteiger partial charge in [0.2, 0.25) is 0 Å². The average Bonchev–Trinajstić information content (AvgIpc) is 3.21. The van der Waals surface area contributed by atoms with Crippen molar-refractivity contribution in [2.75, 3.05) is 13.1 Å². The highest BCUT2D eigenvalue weighted by Crippen LogP contribution is 2.18. The lowest BCUT2D eigenvalue weighted by molar-refractivity contribution is -0.911. The second kappa shape index (κ2) is 7.84. The van der Waals surface area contributed by atoms with E-state index in [1.165, 1.54) is 10.6 Å². The minimum atomic E-state index is -0.337. The molecule has 1 aromatic heterocycles. The van der Waals surface area contributed by atoms with Gasteiger partial charge in [0.25, 0.3) is 11.8 Å². The van der Waals surface area contributed by atoms with E-state index in [0.717, 1.165) is 19.4 Å². The van der Waals surface area contributed by atoms with Crippen LogP contribution in [-0.2, 0) is 11.8 Å². The maximum atomic E-state index is 12.3. The van der Waals surface area contributed by atoms with Gasteiger partial charge in [-0.15, -0.1) is 0 Å². The van der Waals surface area contributed by atoms with E-state index in [0.29, 0.717) is 22.6 Å². The standard InChI is InChI=1S/C18H21BrN4O2/c1-22-10-4-8-15(22)16-9-5-11-23(16)12-17(24)20-21-18(25)13-6-2-3-7-14(13)19/h2-4,6-8,10,16H,5,9,11-12H2,1H3,(H,20,24)(H,21,25)/p+1/t16-/m1/s1. The van der Waals surface area contributed by atoms with Crippen LogP contribution in [0.1, 0.15) is 34.9 Å². The SMILES string of the molecule is Cn1cccc1[C@H]1CCC[NH+]1CC(=O)NNC(=O)c1ccccc1Br. The Bertz CT molecular complexity index is 774. The van der Waals surface area contributed by atoms with Crippen LogP contribution in [0.15, 0.2) is 47.1 Å². The molecule has 1 aliphatic rings. The van der Waals surface area contributed by atoms with Crippen LogP contribution in [-0.4, -0.2) is 29.5 Å². The molecule has 0 spiro atoms. The van der Waals surface area contributed by atoms with Crippen molar-refractivity contribution in [1.82, 2.24) is 15.4 Å². The highest BCUT2D eigenvalue weighted by Gasteiger charge is 2.33. The Morgan fingerprint density at radius 2 is 2.04 bits per heavy atom. The monoisotopic (exact) mass is 405 g/mol. The van der Waals surface area contributed by atoms with Crippen molar-refractivity contribution < 1.29 is 14.5 Å². The summed E-state index contributed by atoms with van der Waals surface area (Å²) in [5.41, 5.74) is 6.75. The third kappa shape index (κ3) is 4.11. The van der Waals surface area contributed by atoms with Crippen molar-refractivity contribution in [1.29, 1.82) is 0 Å². The minimum absolute atomic E-state index is 0.184. The zero-order valence-corrected chi connectivity index (χ0v) is 15.7. The molecule has 2 amide bonds. The van der Waals surface area contributed by atoms with E-state index >= 15 is 0 Å². The first-order valence-electron chi connectivity index (χ1n) is 8.36. The summed E-state index contributed by atoms with van der Waals surface area (Å²) < 4.78 is 2.80. The molecule has 25 heavy (non-hydrogen) atoms. The molecule has 0 saturated carbocycles. The number of hydrogen-bond donors (Lipinski definition) is 3. The fourth-order valence-corrected chi connectivity index (χ4v) is 3.87. The first-order chi connectivity index (χ1) is 12.1. The van der Waals surface area contributed by atoms with Crippen LogP contribution in [0.25, 0.3) is 0 Å². The number of likely N-dealkylation sites (tertiary alicyclic amines) is 1. The third-order valence-corrected chi connectivity index (χ3v) is 5.34. The van der Waals surface area contributed by atoms with E-state index in [1.54, 1.807) is 18.2 Å². The molecule has 132 valence electrons. The van der Waals surface area contributed by atoms with Crippen molar-refractivity contribution in [3.05, 3.63) is 58.3 Å². The van der Waals surface area contributed by atoms with Crippen molar-refractivity contribution >= 4 is 27.7 Å². The molecular formula is C18H22BrN4O2+. The lowest BCUT2D eigenvalue weighted by Gasteiger charge is -2.21. The Labute approximate surface area is 155 Å². The average molecular weight is 406 g/mol. The summed E-state index contributed by atoms with van der Waals surface area (Å²) in [5, 5.41) is 0. The second-order valence-electron chi connectivity index (χ2n) is 6.31. The molecule has 0 radical (unpaired) electrons. The van der Waals surface area contributed by atoms with Gasteiger partial charge in [-0.25, -0.2) is 0 Å². The number of carbonyl (C=O) groups is 2. The molecule has 1 aliphatic heterocycles. The summed E-state index contributed by atoms with van der Waals surface area (Å²) >= 11 is 3.33. The molecule has 1 saturated heterocycles. The summed E-state index contributed by atoms with van der Waals surface area (Å²) in [5.74, 6) is -0.521. The number of nitrogens with zero attached hydrogens (tertiary/aromatic N) is 1. The molecule has 3 rings (SSSR count). The Balaban J connectivity index is 1.55. The third-order valence-electron chi connectivity index (χ3n) is 4.65. The van der Waals surface area contributed by atoms with Gasteiger partial charge in [-0.3, -0.25) is 20.4 Å². The number of aromatic nitrogens is 1. The molecule has 0 bridgehead atoms. The van der Waals surface area contributed by atoms with Gasteiger partial charge in [-0.05, 0) is 40.2 Å². The molecule has 2 atom stereocenters. The van der Waals surface area contributed by atoms with Crippen LogP contribution in [0, 0.1) is 0 Å². The van der Waals surface area contributed by atoms with Gasteiger partial charge in [0.05, 0.1) is 17.8 Å². The number of quaternary nitrogens is 1. The topological polar surface area (TPSA) is 67.6 Å². The normalized spacial score (nSPS) is 19.6. The number of rotatable bonds is 4. The highest BCUT2D eigenvalue weighted by atomic mass is 79.9. The number of benzene rings is 1. The Morgan fingerprint density at radius 1 is 1.24 bits per heavy atom. The maximum absolute atomic E-state index is 12.3. The van der Waals surface area contributed by atoms with Gasteiger partial charge in [0.1, 0.15) is 6.04 Å². The minimum Gasteiger partial charge on any atom is -0.350 e. The molecule has 3 N–H and O–H groups in total. The zero-order chi connectivity index (χ0) is 17.8. The molecule has 1 unspecified atom stereocenters. The molecule has 0 aliphatic carbocycles. The first-order valence-corrected chi connectivity index (χ1v) is 9.15. The largest absolute Gasteiger partial charge is 0.350 e. The maximum Gasteiger partial charge on any atom is 0.293 e. The summed E-state index contributed by atoms with van der Waals surface area (Å²) in [6.45, 7) is 1.30. The van der Waals surface area contributed by atoms with E-state index in [2.05, 4.69) is 37.4 Å². The van der Waals surface area contributed by atoms with Crippen molar-refractivity contribution in [2.24, 2.45) is 7.05 Å². The lowest BCUT2D eigenvalue weighted by atomic mass is 10.1. The number of carbonyl (C=O) groups excluding carboxylic acids is 2. The van der Waals surface area contributed by atoms with Crippen LogP contribution in [0.2, 0.25) is 0 Å². The molecule has 1 aromatic carbocycles. The van der Waals surface area contributed by atoms with Gasteiger partial charge >= 0.3 is 0 Å². The van der Waals surface area contributed by atoms with Crippen LogP contribution in [0.3, 0.4) is 0 Å². The van der Waals surface area contributed by atoms with E-state index in [9.17, 15) is 9.59 Å². The quantitative estimate of drug-likeness (QED) is 0.663. The highest BCUT2D eigenvalue weighted by molar-refractivity contribution is 9.10. The smallest absolute Gasteiger partial charge is 0.293 e. The summed E-state index contributed by atoms with van der Waals surface area (Å²) in [4.78, 5) is 25.6. The number of nitrogens with one attached hydrogen (secondary N) is 3. The van der Waals surface area contributed by atoms with Crippen LogP contribution in [0.4, 0.5) is 0 Å². The van der Waals surface area contributed by atoms with Crippen molar-refractivity contribution in [3.8, 4) is 0 Å². The van der Waals surface area contributed by atoms with Gasteiger partial charge in [0, 0.05) is 30.6 Å². The number of amides is 2. The summed E-state index contributed by atoms with van der Waals surface area (Å²) in [6, 6.07) is 11.6. The van der Waals surface area contributed by atoms with Crippen LogP contribution < -0.4 is 15.8 Å². The first kappa shape index (κ1) is 17.7. The lowest BCUT2D eigenvalue weighted by Crippen LogP contribution is -3.11. The number of hydrazine groups is 1. The van der Waals surface area contributed by atoms with Crippen LogP contribution in [0.5, 0.6) is 0 Å². The fraction of sp³-hybridized carbons (Fsp3) is 0.333. The molecule has 1 fully saturated rings. The summed E-state index contributed by atoms with van der Waals surface area (Å²) in [6.07, 6.45) is 4.20. The van der Waals surface area contributed by atoms with E-state index in [1.807, 2.05) is 25.4 Å². The Hall–Kier alpha value is -2.12. The fourth-order valence-electron chi connectivity index (χ4n) is 3.41. The number of hydrogen-bond acceptors (Lipinski definition) is 2. The number of halogens is 1.